The van der Waals surface area contributed by atoms with Crippen LogP contribution < -0.4 is 9.47 Å². The first-order chi connectivity index (χ1) is 10.5. The van der Waals surface area contributed by atoms with E-state index in [4.69, 9.17) is 4.74 Å². The topological polar surface area (TPSA) is 18.5 Å². The summed E-state index contributed by atoms with van der Waals surface area (Å²) in [6.45, 7) is 2.56. The maximum Gasteiger partial charge on any atom is 0.573 e. The summed E-state index contributed by atoms with van der Waals surface area (Å²) >= 11 is 0. The van der Waals surface area contributed by atoms with Crippen molar-refractivity contribution in [2.24, 2.45) is 0 Å². The maximum atomic E-state index is 12.1. The Labute approximate surface area is 127 Å². The Morgan fingerprint density at radius 2 is 1.23 bits per heavy atom. The molecule has 0 aromatic heterocycles. The van der Waals surface area contributed by atoms with Crippen molar-refractivity contribution in [2.45, 2.75) is 26.1 Å². The van der Waals surface area contributed by atoms with Gasteiger partial charge in [0.15, 0.2) is 0 Å². The minimum atomic E-state index is -4.65. The molecule has 5 heteroatoms. The Morgan fingerprint density at radius 3 is 1.64 bits per heavy atom. The largest absolute Gasteiger partial charge is 0.573 e. The predicted octanol–water partition coefficient (Wildman–Crippen LogP) is 4.77. The second-order valence-electron chi connectivity index (χ2n) is 4.77. The van der Waals surface area contributed by atoms with E-state index in [1.165, 1.54) is 12.1 Å². The van der Waals surface area contributed by atoms with Crippen molar-refractivity contribution in [3.8, 4) is 11.5 Å². The molecule has 0 bridgehead atoms. The minimum Gasteiger partial charge on any atom is -0.494 e. The van der Waals surface area contributed by atoms with Gasteiger partial charge in [-0.2, -0.15) is 0 Å². The average Bonchev–Trinajstić information content (AvgIpc) is 2.47. The molecule has 0 aliphatic carbocycles. The van der Waals surface area contributed by atoms with E-state index >= 15 is 0 Å². The molecule has 0 saturated heterocycles. The summed E-state index contributed by atoms with van der Waals surface area (Å²) in [6, 6.07) is 13.8. The molecule has 0 atom stereocenters. The lowest BCUT2D eigenvalue weighted by atomic mass is 10.0. The molecule has 118 valence electrons. The highest BCUT2D eigenvalue weighted by molar-refractivity contribution is 5.30. The third-order valence-corrected chi connectivity index (χ3v) is 3.09. The minimum absolute atomic E-state index is 0.197. The van der Waals surface area contributed by atoms with Gasteiger partial charge in [-0.05, 0) is 55.2 Å². The number of aryl methyl sites for hydroxylation is 2. The first kappa shape index (κ1) is 16.2. The Morgan fingerprint density at radius 1 is 0.773 bits per heavy atom. The van der Waals surface area contributed by atoms with Crippen LogP contribution in [-0.4, -0.2) is 13.0 Å². The van der Waals surface area contributed by atoms with Crippen LogP contribution in [0.5, 0.6) is 11.5 Å². The van der Waals surface area contributed by atoms with Crippen LogP contribution in [0, 0.1) is 0 Å². The van der Waals surface area contributed by atoms with Crippen LogP contribution in [0.4, 0.5) is 13.2 Å². The molecule has 0 amide bonds. The summed E-state index contributed by atoms with van der Waals surface area (Å²) in [4.78, 5) is 0. The van der Waals surface area contributed by atoms with Crippen LogP contribution in [0.2, 0.25) is 0 Å². The number of hydrogen-bond donors (Lipinski definition) is 0. The number of ether oxygens (including phenoxy) is 2. The fraction of sp³-hybridized carbons (Fsp3) is 0.294. The second kappa shape index (κ2) is 7.20. The Bertz CT molecular complexity index is 574. The summed E-state index contributed by atoms with van der Waals surface area (Å²) in [5, 5.41) is 0. The summed E-state index contributed by atoms with van der Waals surface area (Å²) in [6.07, 6.45) is -3.09. The van der Waals surface area contributed by atoms with Gasteiger partial charge < -0.3 is 9.47 Å². The molecule has 0 saturated carbocycles. The normalized spacial score (nSPS) is 11.3. The summed E-state index contributed by atoms with van der Waals surface area (Å²) in [5.74, 6) is 0.636. The van der Waals surface area contributed by atoms with Crippen molar-refractivity contribution >= 4 is 0 Å². The van der Waals surface area contributed by atoms with Crippen LogP contribution in [0.15, 0.2) is 48.5 Å². The number of alkyl halides is 3. The predicted molar refractivity (Wildman–Crippen MR) is 78.1 cm³/mol. The lowest BCUT2D eigenvalue weighted by Gasteiger charge is -2.09. The standard InChI is InChI=1S/C17H17F3O2/c1-2-21-15-9-5-13(6-10-15)3-4-14-7-11-16(12-8-14)22-17(18,19)20/h5-12H,2-4H2,1H3. The van der Waals surface area contributed by atoms with Gasteiger partial charge >= 0.3 is 6.36 Å². The summed E-state index contributed by atoms with van der Waals surface area (Å²) < 4.78 is 45.4. The van der Waals surface area contributed by atoms with Gasteiger partial charge in [-0.15, -0.1) is 13.2 Å². The Balaban J connectivity index is 1.88. The third kappa shape index (κ3) is 5.31. The highest BCUT2D eigenvalue weighted by Crippen LogP contribution is 2.23. The zero-order valence-electron chi connectivity index (χ0n) is 12.2. The van der Waals surface area contributed by atoms with E-state index in [0.717, 1.165) is 29.7 Å². The first-order valence-corrected chi connectivity index (χ1v) is 7.02. The van der Waals surface area contributed by atoms with E-state index < -0.39 is 6.36 Å². The molecule has 2 aromatic rings. The zero-order chi connectivity index (χ0) is 16.0. The van der Waals surface area contributed by atoms with E-state index in [1.807, 2.05) is 31.2 Å². The monoisotopic (exact) mass is 310 g/mol. The van der Waals surface area contributed by atoms with Gasteiger partial charge in [0.25, 0.3) is 0 Å². The fourth-order valence-corrected chi connectivity index (χ4v) is 2.07. The van der Waals surface area contributed by atoms with Crippen molar-refractivity contribution in [1.82, 2.24) is 0 Å². The molecule has 22 heavy (non-hydrogen) atoms. The maximum absolute atomic E-state index is 12.1. The van der Waals surface area contributed by atoms with Crippen molar-refractivity contribution in [2.75, 3.05) is 6.61 Å². The average molecular weight is 310 g/mol. The van der Waals surface area contributed by atoms with E-state index in [-0.39, 0.29) is 5.75 Å². The van der Waals surface area contributed by atoms with Crippen LogP contribution in [0.25, 0.3) is 0 Å². The molecule has 2 aromatic carbocycles. The van der Waals surface area contributed by atoms with Gasteiger partial charge in [0.2, 0.25) is 0 Å². The quantitative estimate of drug-likeness (QED) is 0.765. The molecule has 2 nitrogen and oxygen atoms in total. The van der Waals surface area contributed by atoms with Crippen LogP contribution >= 0.6 is 0 Å². The number of benzene rings is 2. The fourth-order valence-electron chi connectivity index (χ4n) is 2.07. The van der Waals surface area contributed by atoms with E-state index in [1.54, 1.807) is 12.1 Å². The lowest BCUT2D eigenvalue weighted by Crippen LogP contribution is -2.17. The van der Waals surface area contributed by atoms with Gasteiger partial charge in [-0.1, -0.05) is 24.3 Å². The number of hydrogen-bond acceptors (Lipinski definition) is 2. The number of halogens is 3. The molecule has 0 radical (unpaired) electrons. The van der Waals surface area contributed by atoms with Gasteiger partial charge in [0, 0.05) is 0 Å². The summed E-state index contributed by atoms with van der Waals surface area (Å²) in [7, 11) is 0. The highest BCUT2D eigenvalue weighted by Gasteiger charge is 2.30. The summed E-state index contributed by atoms with van der Waals surface area (Å²) in [5.41, 5.74) is 2.11. The van der Waals surface area contributed by atoms with Crippen molar-refractivity contribution < 1.29 is 22.6 Å². The lowest BCUT2D eigenvalue weighted by molar-refractivity contribution is -0.274. The molecular formula is C17H17F3O2. The molecular weight excluding hydrogens is 293 g/mol. The molecule has 0 fully saturated rings. The van der Waals surface area contributed by atoms with Gasteiger partial charge in [-0.25, -0.2) is 0 Å². The van der Waals surface area contributed by atoms with E-state index in [0.29, 0.717) is 6.61 Å². The van der Waals surface area contributed by atoms with Crippen LogP contribution in [-0.2, 0) is 12.8 Å². The molecule has 0 aliphatic rings. The van der Waals surface area contributed by atoms with Crippen LogP contribution in [0.3, 0.4) is 0 Å². The zero-order valence-corrected chi connectivity index (χ0v) is 12.2. The smallest absolute Gasteiger partial charge is 0.494 e. The molecule has 0 aliphatic heterocycles. The van der Waals surface area contributed by atoms with E-state index in [2.05, 4.69) is 4.74 Å². The van der Waals surface area contributed by atoms with Gasteiger partial charge in [-0.3, -0.25) is 0 Å². The molecule has 0 unspecified atom stereocenters. The first-order valence-electron chi connectivity index (χ1n) is 7.02. The van der Waals surface area contributed by atoms with Gasteiger partial charge in [0.05, 0.1) is 6.61 Å². The van der Waals surface area contributed by atoms with Crippen molar-refractivity contribution in [3.63, 3.8) is 0 Å². The highest BCUT2D eigenvalue weighted by atomic mass is 19.4. The Kier molecular flexibility index (Phi) is 5.31. The molecule has 0 heterocycles. The van der Waals surface area contributed by atoms with Crippen LogP contribution in [0.1, 0.15) is 18.1 Å². The van der Waals surface area contributed by atoms with Crippen molar-refractivity contribution in [3.05, 3.63) is 59.7 Å². The van der Waals surface area contributed by atoms with E-state index in [9.17, 15) is 13.2 Å². The second-order valence-corrected chi connectivity index (χ2v) is 4.77. The Hall–Kier alpha value is -2.17. The molecule has 0 spiro atoms. The van der Waals surface area contributed by atoms with Crippen molar-refractivity contribution in [1.29, 1.82) is 0 Å². The molecule has 0 N–H and O–H groups in total. The molecule has 2 rings (SSSR count). The third-order valence-electron chi connectivity index (χ3n) is 3.09. The SMILES string of the molecule is CCOc1ccc(CCc2ccc(OC(F)(F)F)cc2)cc1. The number of rotatable bonds is 6. The van der Waals surface area contributed by atoms with Gasteiger partial charge in [0.1, 0.15) is 11.5 Å².